The summed E-state index contributed by atoms with van der Waals surface area (Å²) in [4.78, 5) is 0. The van der Waals surface area contributed by atoms with Gasteiger partial charge >= 0.3 is 0 Å². The molecule has 1 heterocycles. The predicted molar refractivity (Wildman–Crippen MR) is 52.2 cm³/mol. The van der Waals surface area contributed by atoms with Crippen molar-refractivity contribution in [2.24, 2.45) is 11.5 Å². The van der Waals surface area contributed by atoms with Gasteiger partial charge < -0.3 is 15.9 Å². The maximum Gasteiger partial charge on any atom is 0.133 e. The molecule has 68 valence electrons. The van der Waals surface area contributed by atoms with Crippen LogP contribution in [0, 0.1) is 0 Å². The molecule has 0 aliphatic rings. The molecule has 0 spiro atoms. The van der Waals surface area contributed by atoms with Gasteiger partial charge in [-0.25, -0.2) is 0 Å². The first-order valence-electron chi connectivity index (χ1n) is 4.24. The van der Waals surface area contributed by atoms with Gasteiger partial charge in [0.05, 0.1) is 6.26 Å². The van der Waals surface area contributed by atoms with E-state index in [0.29, 0.717) is 6.54 Å². The first-order chi connectivity index (χ1) is 6.31. The number of hydrogen-bond acceptors (Lipinski definition) is 3. The fraction of sp³-hybridized carbons (Fsp3) is 0.200. The second-order valence-corrected chi connectivity index (χ2v) is 3.06. The highest BCUT2D eigenvalue weighted by molar-refractivity contribution is 5.77. The lowest BCUT2D eigenvalue weighted by atomic mass is 10.1. The second-order valence-electron chi connectivity index (χ2n) is 3.06. The van der Waals surface area contributed by atoms with Gasteiger partial charge in [0, 0.05) is 18.0 Å². The Morgan fingerprint density at radius 1 is 1.31 bits per heavy atom. The van der Waals surface area contributed by atoms with Crippen molar-refractivity contribution >= 4 is 11.0 Å². The maximum absolute atomic E-state index is 5.80. The predicted octanol–water partition coefficient (Wildman–Crippen LogP) is 1.39. The molecule has 0 aliphatic heterocycles. The van der Waals surface area contributed by atoms with Gasteiger partial charge in [0.2, 0.25) is 0 Å². The Kier molecular flexibility index (Phi) is 2.04. The molecule has 0 unspecified atom stereocenters. The summed E-state index contributed by atoms with van der Waals surface area (Å²) in [5.74, 6) is 0. The molecule has 0 bridgehead atoms. The van der Waals surface area contributed by atoms with Crippen molar-refractivity contribution in [3.05, 3.63) is 36.1 Å². The molecule has 0 saturated heterocycles. The number of rotatable bonds is 2. The third kappa shape index (κ3) is 1.43. The van der Waals surface area contributed by atoms with Gasteiger partial charge in [0.25, 0.3) is 0 Å². The van der Waals surface area contributed by atoms with Crippen LogP contribution in [0.2, 0.25) is 0 Å². The molecule has 1 atom stereocenters. The second kappa shape index (κ2) is 3.20. The van der Waals surface area contributed by atoms with Gasteiger partial charge in [-0.1, -0.05) is 6.07 Å². The van der Waals surface area contributed by atoms with Crippen LogP contribution in [-0.2, 0) is 0 Å². The van der Waals surface area contributed by atoms with Crippen LogP contribution in [0.1, 0.15) is 11.6 Å². The molecule has 13 heavy (non-hydrogen) atoms. The molecule has 4 N–H and O–H groups in total. The highest BCUT2D eigenvalue weighted by Gasteiger charge is 2.04. The van der Waals surface area contributed by atoms with Crippen LogP contribution in [0.5, 0.6) is 0 Å². The van der Waals surface area contributed by atoms with Crippen molar-refractivity contribution in [3.8, 4) is 0 Å². The molecular formula is C10H12N2O. The van der Waals surface area contributed by atoms with Crippen LogP contribution in [-0.4, -0.2) is 6.54 Å². The molecule has 1 aromatic carbocycles. The highest BCUT2D eigenvalue weighted by atomic mass is 16.3. The molecule has 2 rings (SSSR count). The lowest BCUT2D eigenvalue weighted by Crippen LogP contribution is -2.20. The molecule has 2 aromatic rings. The Hall–Kier alpha value is -1.32. The fourth-order valence-electron chi connectivity index (χ4n) is 1.35. The zero-order valence-electron chi connectivity index (χ0n) is 7.23. The lowest BCUT2D eigenvalue weighted by molar-refractivity contribution is 0.615. The number of hydrogen-bond donors (Lipinski definition) is 2. The first-order valence-corrected chi connectivity index (χ1v) is 4.24. The summed E-state index contributed by atoms with van der Waals surface area (Å²) in [6.45, 7) is 0.462. The van der Waals surface area contributed by atoms with Gasteiger partial charge in [-0.2, -0.15) is 0 Å². The Bertz CT molecular complexity index is 408. The van der Waals surface area contributed by atoms with Crippen LogP contribution < -0.4 is 11.5 Å². The Morgan fingerprint density at radius 3 is 2.92 bits per heavy atom. The summed E-state index contributed by atoms with van der Waals surface area (Å²) >= 11 is 0. The third-order valence-electron chi connectivity index (χ3n) is 2.16. The normalized spacial score (nSPS) is 13.4. The molecule has 3 heteroatoms. The van der Waals surface area contributed by atoms with Crippen LogP contribution in [0.25, 0.3) is 11.0 Å². The van der Waals surface area contributed by atoms with E-state index < -0.39 is 0 Å². The van der Waals surface area contributed by atoms with E-state index in [-0.39, 0.29) is 6.04 Å². The average Bonchev–Trinajstić information content (AvgIpc) is 2.63. The monoisotopic (exact) mass is 176 g/mol. The molecular weight excluding hydrogens is 164 g/mol. The van der Waals surface area contributed by atoms with Crippen molar-refractivity contribution < 1.29 is 4.42 Å². The summed E-state index contributed by atoms with van der Waals surface area (Å²) < 4.78 is 5.21. The number of benzene rings is 1. The molecule has 0 radical (unpaired) electrons. The number of furan rings is 1. The van der Waals surface area contributed by atoms with Gasteiger partial charge in [-0.15, -0.1) is 0 Å². The van der Waals surface area contributed by atoms with E-state index in [2.05, 4.69) is 0 Å². The molecule has 0 amide bonds. The summed E-state index contributed by atoms with van der Waals surface area (Å²) in [6, 6.07) is 7.71. The van der Waals surface area contributed by atoms with E-state index in [1.165, 1.54) is 0 Å². The average molecular weight is 176 g/mol. The molecule has 3 nitrogen and oxygen atoms in total. The zero-order valence-corrected chi connectivity index (χ0v) is 7.23. The summed E-state index contributed by atoms with van der Waals surface area (Å²) in [5, 5.41) is 1.07. The first kappa shape index (κ1) is 8.29. The molecule has 0 aliphatic carbocycles. The van der Waals surface area contributed by atoms with Crippen molar-refractivity contribution in [3.63, 3.8) is 0 Å². The quantitative estimate of drug-likeness (QED) is 0.726. The fourth-order valence-corrected chi connectivity index (χ4v) is 1.35. The van der Waals surface area contributed by atoms with Crippen LogP contribution in [0.15, 0.2) is 34.9 Å². The summed E-state index contributed by atoms with van der Waals surface area (Å²) in [5.41, 5.74) is 13.2. The highest BCUT2D eigenvalue weighted by Crippen LogP contribution is 2.19. The minimum Gasteiger partial charge on any atom is -0.464 e. The summed E-state index contributed by atoms with van der Waals surface area (Å²) in [6.07, 6.45) is 1.67. The standard InChI is InChI=1S/C10H12N2O/c11-6-9(12)7-1-2-10-8(5-7)3-4-13-10/h1-5,9H,6,11-12H2/t9-/m1/s1. The van der Waals surface area contributed by atoms with Gasteiger partial charge in [-0.3, -0.25) is 0 Å². The van der Waals surface area contributed by atoms with Gasteiger partial charge in [-0.05, 0) is 23.8 Å². The lowest BCUT2D eigenvalue weighted by Gasteiger charge is -2.07. The summed E-state index contributed by atoms with van der Waals surface area (Å²) in [7, 11) is 0. The Balaban J connectivity index is 2.48. The SMILES string of the molecule is NC[C@@H](N)c1ccc2occc2c1. The van der Waals surface area contributed by atoms with Crippen molar-refractivity contribution in [2.45, 2.75) is 6.04 Å². The van der Waals surface area contributed by atoms with Crippen LogP contribution in [0.4, 0.5) is 0 Å². The van der Waals surface area contributed by atoms with Crippen molar-refractivity contribution in [1.82, 2.24) is 0 Å². The zero-order chi connectivity index (χ0) is 9.26. The van der Waals surface area contributed by atoms with E-state index in [1.807, 2.05) is 24.3 Å². The van der Waals surface area contributed by atoms with E-state index in [0.717, 1.165) is 16.5 Å². The van der Waals surface area contributed by atoms with E-state index in [4.69, 9.17) is 15.9 Å². The van der Waals surface area contributed by atoms with Gasteiger partial charge in [0.1, 0.15) is 5.58 Å². The Morgan fingerprint density at radius 2 is 2.15 bits per heavy atom. The third-order valence-corrected chi connectivity index (χ3v) is 2.16. The molecule has 0 fully saturated rings. The smallest absolute Gasteiger partial charge is 0.133 e. The number of nitrogens with two attached hydrogens (primary N) is 2. The van der Waals surface area contributed by atoms with E-state index >= 15 is 0 Å². The molecule has 0 saturated carbocycles. The maximum atomic E-state index is 5.80. The minimum atomic E-state index is -0.0840. The van der Waals surface area contributed by atoms with Crippen LogP contribution in [0.3, 0.4) is 0 Å². The largest absolute Gasteiger partial charge is 0.464 e. The Labute approximate surface area is 76.3 Å². The van der Waals surface area contributed by atoms with Gasteiger partial charge in [0.15, 0.2) is 0 Å². The molecule has 1 aromatic heterocycles. The van der Waals surface area contributed by atoms with Crippen molar-refractivity contribution in [1.29, 1.82) is 0 Å². The topological polar surface area (TPSA) is 65.2 Å². The van der Waals surface area contributed by atoms with E-state index in [9.17, 15) is 0 Å². The van der Waals surface area contributed by atoms with Crippen LogP contribution >= 0.6 is 0 Å². The van der Waals surface area contributed by atoms with E-state index in [1.54, 1.807) is 6.26 Å². The van der Waals surface area contributed by atoms with Crippen molar-refractivity contribution in [2.75, 3.05) is 6.54 Å². The number of fused-ring (bicyclic) bond motifs is 1. The minimum absolute atomic E-state index is 0.0840.